The molecule has 2 N–H and O–H groups in total. The molecule has 0 bridgehead atoms. The van der Waals surface area contributed by atoms with Crippen molar-refractivity contribution in [2.45, 2.75) is 25.8 Å². The van der Waals surface area contributed by atoms with Crippen molar-refractivity contribution in [1.82, 2.24) is 10.6 Å². The van der Waals surface area contributed by atoms with Crippen molar-refractivity contribution in [3.63, 3.8) is 0 Å². The number of nitrogens with zero attached hydrogens (tertiary/aromatic N) is 2. The summed E-state index contributed by atoms with van der Waals surface area (Å²) >= 11 is 0. The van der Waals surface area contributed by atoms with E-state index in [1.807, 2.05) is 19.2 Å². The lowest BCUT2D eigenvalue weighted by Crippen LogP contribution is -2.37. The maximum atomic E-state index is 5.23. The van der Waals surface area contributed by atoms with E-state index >= 15 is 0 Å². The molecule has 0 aromatic heterocycles. The minimum Gasteiger partial charge on any atom is -0.497 e. The fourth-order valence-corrected chi connectivity index (χ4v) is 3.46. The third kappa shape index (κ3) is 6.01. The molecule has 2 aromatic rings. The van der Waals surface area contributed by atoms with Crippen LogP contribution in [0.2, 0.25) is 0 Å². The average molecular weight is 393 g/mol. The molecule has 0 amide bonds. The Kier molecular flexibility index (Phi) is 7.56. The van der Waals surface area contributed by atoms with Gasteiger partial charge >= 0.3 is 0 Å². The van der Waals surface area contributed by atoms with Gasteiger partial charge in [-0.05, 0) is 47.7 Å². The highest BCUT2D eigenvalue weighted by Crippen LogP contribution is 2.21. The molecule has 5 nitrogen and oxygen atoms in total. The van der Waals surface area contributed by atoms with E-state index in [0.29, 0.717) is 5.92 Å². The highest BCUT2D eigenvalue weighted by atomic mass is 16.5. The summed E-state index contributed by atoms with van der Waals surface area (Å²) in [7, 11) is 3.51. The third-order valence-electron chi connectivity index (χ3n) is 5.33. The van der Waals surface area contributed by atoms with Gasteiger partial charge in [0.15, 0.2) is 5.96 Å². The summed E-state index contributed by atoms with van der Waals surface area (Å²) in [5.74, 6) is 2.20. The second-order valence-corrected chi connectivity index (χ2v) is 7.36. The molecule has 5 heteroatoms. The van der Waals surface area contributed by atoms with Crippen molar-refractivity contribution in [2.75, 3.05) is 38.7 Å². The minimum absolute atomic E-state index is 0.470. The quantitative estimate of drug-likeness (QED) is 0.406. The van der Waals surface area contributed by atoms with Crippen LogP contribution in [0, 0.1) is 0 Å². The molecule has 2 aromatic carbocycles. The van der Waals surface area contributed by atoms with Gasteiger partial charge in [-0.1, -0.05) is 43.3 Å². The Hall–Kier alpha value is -2.95. The number of guanidine groups is 1. The van der Waals surface area contributed by atoms with Crippen LogP contribution in [0.4, 0.5) is 5.69 Å². The Morgan fingerprint density at radius 3 is 2.55 bits per heavy atom. The van der Waals surface area contributed by atoms with Gasteiger partial charge in [0.1, 0.15) is 5.75 Å². The van der Waals surface area contributed by atoms with E-state index in [1.165, 1.54) is 16.8 Å². The highest BCUT2D eigenvalue weighted by Gasteiger charge is 2.09. The van der Waals surface area contributed by atoms with Crippen molar-refractivity contribution >= 4 is 11.6 Å². The summed E-state index contributed by atoms with van der Waals surface area (Å²) < 4.78 is 5.23. The molecule has 0 saturated heterocycles. The first-order chi connectivity index (χ1) is 14.2. The lowest BCUT2D eigenvalue weighted by Gasteiger charge is -2.19. The smallest absolute Gasteiger partial charge is 0.191 e. The summed E-state index contributed by atoms with van der Waals surface area (Å²) in [6, 6.07) is 17.0. The average Bonchev–Trinajstić information content (AvgIpc) is 3.31. The number of aliphatic imine (C=N–C) groups is 1. The van der Waals surface area contributed by atoms with E-state index in [-0.39, 0.29) is 0 Å². The number of rotatable bonds is 8. The van der Waals surface area contributed by atoms with Gasteiger partial charge in [-0.25, -0.2) is 0 Å². The van der Waals surface area contributed by atoms with Crippen LogP contribution in [0.1, 0.15) is 30.4 Å². The van der Waals surface area contributed by atoms with E-state index in [0.717, 1.165) is 44.3 Å². The number of hydrogen-bond donors (Lipinski definition) is 2. The number of benzene rings is 2. The molecule has 1 atom stereocenters. The molecule has 0 spiro atoms. The maximum Gasteiger partial charge on any atom is 0.191 e. The number of methoxy groups -OCH3 is 1. The predicted molar refractivity (Wildman–Crippen MR) is 122 cm³/mol. The molecule has 0 saturated carbocycles. The van der Waals surface area contributed by atoms with Crippen LogP contribution in [0.3, 0.4) is 0 Å². The van der Waals surface area contributed by atoms with Crippen molar-refractivity contribution in [2.24, 2.45) is 4.99 Å². The Morgan fingerprint density at radius 1 is 1.10 bits per heavy atom. The van der Waals surface area contributed by atoms with E-state index in [2.05, 4.69) is 76.0 Å². The number of anilines is 1. The number of nitrogens with one attached hydrogen (secondary N) is 2. The van der Waals surface area contributed by atoms with E-state index in [4.69, 9.17) is 4.74 Å². The van der Waals surface area contributed by atoms with Crippen LogP contribution in [-0.4, -0.2) is 39.8 Å². The lowest BCUT2D eigenvalue weighted by atomic mass is 9.98. The molecule has 1 heterocycles. The molecule has 1 aliphatic rings. The summed E-state index contributed by atoms with van der Waals surface area (Å²) in [5.41, 5.74) is 3.85. The Morgan fingerprint density at radius 2 is 1.86 bits per heavy atom. The second kappa shape index (κ2) is 10.6. The van der Waals surface area contributed by atoms with Crippen LogP contribution in [0.5, 0.6) is 5.75 Å². The lowest BCUT2D eigenvalue weighted by molar-refractivity contribution is 0.414. The Bertz CT molecular complexity index is 821. The number of hydrogen-bond acceptors (Lipinski definition) is 3. The Labute approximate surface area is 174 Å². The van der Waals surface area contributed by atoms with Crippen molar-refractivity contribution in [3.8, 4) is 5.75 Å². The first kappa shape index (κ1) is 20.8. The standard InChI is InChI=1S/C24H32N4O/c1-19(21-9-11-23(29-3)12-10-21)13-14-26-24(25-2)27-18-20-7-6-8-22(17-20)28-15-4-5-16-28/h4-12,17,19H,13-16,18H2,1-3H3,(H2,25,26,27). The van der Waals surface area contributed by atoms with Crippen LogP contribution in [-0.2, 0) is 6.54 Å². The van der Waals surface area contributed by atoms with Crippen LogP contribution < -0.4 is 20.3 Å². The van der Waals surface area contributed by atoms with Crippen molar-refractivity contribution in [3.05, 3.63) is 71.8 Å². The molecule has 1 aliphatic heterocycles. The Balaban J connectivity index is 1.44. The van der Waals surface area contributed by atoms with Crippen molar-refractivity contribution < 1.29 is 4.74 Å². The normalized spacial score (nSPS) is 14.7. The van der Waals surface area contributed by atoms with Crippen LogP contribution >= 0.6 is 0 Å². The SMILES string of the molecule is CN=C(NCCC(C)c1ccc(OC)cc1)NCc1cccc(N2CC=CC2)c1. The minimum atomic E-state index is 0.470. The molecule has 0 aliphatic carbocycles. The van der Waals surface area contributed by atoms with Crippen LogP contribution in [0.15, 0.2) is 65.7 Å². The zero-order chi connectivity index (χ0) is 20.5. The van der Waals surface area contributed by atoms with Gasteiger partial charge in [0.05, 0.1) is 7.11 Å². The highest BCUT2D eigenvalue weighted by molar-refractivity contribution is 5.79. The van der Waals surface area contributed by atoms with Gasteiger partial charge < -0.3 is 20.3 Å². The zero-order valence-corrected chi connectivity index (χ0v) is 17.7. The monoisotopic (exact) mass is 392 g/mol. The molecular weight excluding hydrogens is 360 g/mol. The molecule has 0 fully saturated rings. The van der Waals surface area contributed by atoms with Crippen molar-refractivity contribution in [1.29, 1.82) is 0 Å². The largest absolute Gasteiger partial charge is 0.497 e. The topological polar surface area (TPSA) is 48.9 Å². The maximum absolute atomic E-state index is 5.23. The second-order valence-electron chi connectivity index (χ2n) is 7.36. The van der Waals surface area contributed by atoms with Gasteiger partial charge in [0, 0.05) is 38.9 Å². The molecular formula is C24H32N4O. The zero-order valence-electron chi connectivity index (χ0n) is 17.7. The van der Waals surface area contributed by atoms with E-state index < -0.39 is 0 Å². The summed E-state index contributed by atoms with van der Waals surface area (Å²) in [6.45, 7) is 5.85. The van der Waals surface area contributed by atoms with Gasteiger partial charge in [-0.3, -0.25) is 4.99 Å². The van der Waals surface area contributed by atoms with Gasteiger partial charge in [-0.2, -0.15) is 0 Å². The first-order valence-corrected chi connectivity index (χ1v) is 10.3. The van der Waals surface area contributed by atoms with Gasteiger partial charge in [0.2, 0.25) is 0 Å². The van der Waals surface area contributed by atoms with Gasteiger partial charge in [-0.15, -0.1) is 0 Å². The molecule has 1 unspecified atom stereocenters. The predicted octanol–water partition coefficient (Wildman–Crippen LogP) is 3.93. The molecule has 154 valence electrons. The van der Waals surface area contributed by atoms with Crippen LogP contribution in [0.25, 0.3) is 0 Å². The third-order valence-corrected chi connectivity index (χ3v) is 5.33. The fourth-order valence-electron chi connectivity index (χ4n) is 3.46. The first-order valence-electron chi connectivity index (χ1n) is 10.3. The summed E-state index contributed by atoms with van der Waals surface area (Å²) in [4.78, 5) is 6.71. The molecule has 3 rings (SSSR count). The summed E-state index contributed by atoms with van der Waals surface area (Å²) in [5, 5.41) is 6.85. The fraction of sp³-hybridized carbons (Fsp3) is 0.375. The van der Waals surface area contributed by atoms with Gasteiger partial charge in [0.25, 0.3) is 0 Å². The molecule has 0 radical (unpaired) electrons. The number of ether oxygens (including phenoxy) is 1. The molecule has 29 heavy (non-hydrogen) atoms. The van der Waals surface area contributed by atoms with E-state index in [1.54, 1.807) is 7.11 Å². The summed E-state index contributed by atoms with van der Waals surface area (Å²) in [6.07, 6.45) is 5.46. The van der Waals surface area contributed by atoms with E-state index in [9.17, 15) is 0 Å².